The lowest BCUT2D eigenvalue weighted by Gasteiger charge is -2.09. The standard InChI is InChI=1S/C14H16N4O2S/c1-3-6-20-11-5-4-10(7-12(11)19-2)8-16-18-14-17-13(15)9-21-14/h3-5,7-9H,1,6,15H2,2H3,(H,17,18). The van der Waals surface area contributed by atoms with Crippen LogP contribution in [0, 0.1) is 0 Å². The van der Waals surface area contributed by atoms with Crippen LogP contribution in [-0.4, -0.2) is 24.9 Å². The molecule has 1 aromatic carbocycles. The van der Waals surface area contributed by atoms with Crippen molar-refractivity contribution >= 4 is 28.5 Å². The lowest BCUT2D eigenvalue weighted by molar-refractivity contribution is 0.326. The summed E-state index contributed by atoms with van der Waals surface area (Å²) in [7, 11) is 1.59. The molecule has 0 aliphatic heterocycles. The second-order valence-corrected chi connectivity index (χ2v) is 4.82. The number of nitrogens with zero attached hydrogens (tertiary/aromatic N) is 2. The molecule has 2 aromatic rings. The Morgan fingerprint density at radius 3 is 3.00 bits per heavy atom. The van der Waals surface area contributed by atoms with E-state index in [2.05, 4.69) is 22.1 Å². The fraction of sp³-hybridized carbons (Fsp3) is 0.143. The van der Waals surface area contributed by atoms with Gasteiger partial charge in [0.1, 0.15) is 12.4 Å². The van der Waals surface area contributed by atoms with E-state index in [1.54, 1.807) is 24.8 Å². The van der Waals surface area contributed by atoms with Crippen molar-refractivity contribution in [3.8, 4) is 11.5 Å². The van der Waals surface area contributed by atoms with E-state index in [1.807, 2.05) is 18.2 Å². The maximum atomic E-state index is 5.53. The smallest absolute Gasteiger partial charge is 0.205 e. The van der Waals surface area contributed by atoms with Gasteiger partial charge >= 0.3 is 0 Å². The summed E-state index contributed by atoms with van der Waals surface area (Å²) in [5.41, 5.74) is 9.21. The molecule has 110 valence electrons. The second kappa shape index (κ2) is 7.30. The molecular weight excluding hydrogens is 288 g/mol. The van der Waals surface area contributed by atoms with E-state index >= 15 is 0 Å². The Hall–Kier alpha value is -2.54. The van der Waals surface area contributed by atoms with Gasteiger partial charge in [0, 0.05) is 5.38 Å². The molecule has 7 heteroatoms. The number of nitrogens with one attached hydrogen (secondary N) is 1. The first kappa shape index (κ1) is 14.9. The van der Waals surface area contributed by atoms with Crippen LogP contribution in [0.4, 0.5) is 10.9 Å². The van der Waals surface area contributed by atoms with Crippen LogP contribution in [0.5, 0.6) is 11.5 Å². The highest BCUT2D eigenvalue weighted by molar-refractivity contribution is 7.14. The van der Waals surface area contributed by atoms with Crippen LogP contribution in [-0.2, 0) is 0 Å². The van der Waals surface area contributed by atoms with Gasteiger partial charge in [0.2, 0.25) is 5.13 Å². The minimum atomic E-state index is 0.427. The van der Waals surface area contributed by atoms with Crippen molar-refractivity contribution < 1.29 is 9.47 Å². The van der Waals surface area contributed by atoms with E-state index < -0.39 is 0 Å². The van der Waals surface area contributed by atoms with Crippen molar-refractivity contribution in [3.63, 3.8) is 0 Å². The average molecular weight is 304 g/mol. The number of anilines is 2. The Morgan fingerprint density at radius 1 is 1.48 bits per heavy atom. The van der Waals surface area contributed by atoms with Crippen molar-refractivity contribution in [2.75, 3.05) is 24.9 Å². The molecule has 3 N–H and O–H groups in total. The average Bonchev–Trinajstić information content (AvgIpc) is 2.91. The topological polar surface area (TPSA) is 81.8 Å². The third kappa shape index (κ3) is 4.22. The van der Waals surface area contributed by atoms with Crippen LogP contribution in [0.2, 0.25) is 0 Å². The summed E-state index contributed by atoms with van der Waals surface area (Å²) in [6.07, 6.45) is 3.34. The fourth-order valence-electron chi connectivity index (χ4n) is 1.53. The quantitative estimate of drug-likeness (QED) is 0.467. The number of methoxy groups -OCH3 is 1. The molecule has 0 unspecified atom stereocenters. The molecule has 1 heterocycles. The normalized spacial score (nSPS) is 10.5. The monoisotopic (exact) mass is 304 g/mol. The molecule has 0 saturated heterocycles. The van der Waals surface area contributed by atoms with E-state index in [4.69, 9.17) is 15.2 Å². The highest BCUT2D eigenvalue weighted by atomic mass is 32.1. The molecule has 0 spiro atoms. The third-order valence-corrected chi connectivity index (χ3v) is 3.21. The molecule has 6 nitrogen and oxygen atoms in total. The molecular formula is C14H16N4O2S. The summed E-state index contributed by atoms with van der Waals surface area (Å²) < 4.78 is 10.8. The van der Waals surface area contributed by atoms with E-state index in [9.17, 15) is 0 Å². The zero-order valence-electron chi connectivity index (χ0n) is 11.6. The Bertz CT molecular complexity index is 640. The summed E-state index contributed by atoms with van der Waals surface area (Å²) >= 11 is 1.39. The summed E-state index contributed by atoms with van der Waals surface area (Å²) in [6, 6.07) is 5.53. The first-order chi connectivity index (χ1) is 10.2. The highest BCUT2D eigenvalue weighted by Gasteiger charge is 2.04. The molecule has 0 bridgehead atoms. The van der Waals surface area contributed by atoms with Crippen LogP contribution in [0.1, 0.15) is 5.56 Å². The van der Waals surface area contributed by atoms with Crippen molar-refractivity contribution in [2.24, 2.45) is 5.10 Å². The molecule has 1 aromatic heterocycles. The van der Waals surface area contributed by atoms with Crippen molar-refractivity contribution in [2.45, 2.75) is 0 Å². The number of ether oxygens (including phenoxy) is 2. The number of rotatable bonds is 7. The molecule has 0 saturated carbocycles. The van der Waals surface area contributed by atoms with Gasteiger partial charge in [0.15, 0.2) is 11.5 Å². The predicted octanol–water partition coefficient (Wildman–Crippen LogP) is 2.74. The van der Waals surface area contributed by atoms with Gasteiger partial charge in [-0.3, -0.25) is 5.43 Å². The Labute approximate surface area is 126 Å². The van der Waals surface area contributed by atoms with Crippen LogP contribution in [0.15, 0.2) is 41.3 Å². The number of hydrazone groups is 1. The summed E-state index contributed by atoms with van der Waals surface area (Å²) in [5.74, 6) is 1.78. The van der Waals surface area contributed by atoms with Gasteiger partial charge in [-0.15, -0.1) is 11.3 Å². The highest BCUT2D eigenvalue weighted by Crippen LogP contribution is 2.27. The number of hydrogen-bond donors (Lipinski definition) is 2. The number of thiazole rings is 1. The van der Waals surface area contributed by atoms with E-state index in [0.717, 1.165) is 5.56 Å². The van der Waals surface area contributed by atoms with Crippen molar-refractivity contribution in [1.29, 1.82) is 0 Å². The van der Waals surface area contributed by atoms with Gasteiger partial charge in [-0.05, 0) is 23.8 Å². The maximum absolute atomic E-state index is 5.53. The van der Waals surface area contributed by atoms with E-state index in [0.29, 0.717) is 29.1 Å². The van der Waals surface area contributed by atoms with E-state index in [1.165, 1.54) is 11.3 Å². The van der Waals surface area contributed by atoms with Crippen LogP contribution < -0.4 is 20.6 Å². The molecule has 21 heavy (non-hydrogen) atoms. The maximum Gasteiger partial charge on any atom is 0.205 e. The Morgan fingerprint density at radius 2 is 2.33 bits per heavy atom. The Balaban J connectivity index is 2.04. The minimum absolute atomic E-state index is 0.427. The molecule has 0 amide bonds. The van der Waals surface area contributed by atoms with Gasteiger partial charge in [0.05, 0.1) is 13.3 Å². The van der Waals surface area contributed by atoms with Gasteiger partial charge in [-0.2, -0.15) is 5.10 Å². The van der Waals surface area contributed by atoms with Crippen molar-refractivity contribution in [3.05, 3.63) is 41.8 Å². The van der Waals surface area contributed by atoms with Gasteiger partial charge < -0.3 is 15.2 Å². The molecule has 0 radical (unpaired) electrons. The summed E-state index contributed by atoms with van der Waals surface area (Å²) in [4.78, 5) is 4.04. The summed E-state index contributed by atoms with van der Waals surface area (Å²) in [5, 5.41) is 6.48. The molecule has 0 atom stereocenters. The lowest BCUT2D eigenvalue weighted by Crippen LogP contribution is -1.97. The van der Waals surface area contributed by atoms with Crippen LogP contribution in [0.3, 0.4) is 0 Å². The first-order valence-corrected chi connectivity index (χ1v) is 7.02. The Kier molecular flexibility index (Phi) is 5.16. The number of nitrogen functional groups attached to an aromatic ring is 1. The number of nitrogens with two attached hydrogens (primary N) is 1. The van der Waals surface area contributed by atoms with E-state index in [-0.39, 0.29) is 0 Å². The molecule has 0 aliphatic carbocycles. The molecule has 0 aliphatic rings. The van der Waals surface area contributed by atoms with Gasteiger partial charge in [-0.1, -0.05) is 12.7 Å². The number of benzene rings is 1. The minimum Gasteiger partial charge on any atom is -0.493 e. The first-order valence-electron chi connectivity index (χ1n) is 6.14. The number of hydrogen-bond acceptors (Lipinski definition) is 7. The van der Waals surface area contributed by atoms with Crippen LogP contribution >= 0.6 is 11.3 Å². The largest absolute Gasteiger partial charge is 0.493 e. The fourth-order valence-corrected chi connectivity index (χ4v) is 2.08. The van der Waals surface area contributed by atoms with Gasteiger partial charge in [-0.25, -0.2) is 4.98 Å². The van der Waals surface area contributed by atoms with Crippen molar-refractivity contribution in [1.82, 2.24) is 4.98 Å². The SMILES string of the molecule is C=CCOc1ccc(C=NNc2nc(N)cs2)cc1OC. The molecule has 0 fully saturated rings. The third-order valence-electron chi connectivity index (χ3n) is 2.44. The predicted molar refractivity (Wildman–Crippen MR) is 86.4 cm³/mol. The zero-order valence-corrected chi connectivity index (χ0v) is 12.4. The lowest BCUT2D eigenvalue weighted by atomic mass is 10.2. The summed E-state index contributed by atoms with van der Waals surface area (Å²) in [6.45, 7) is 4.04. The van der Waals surface area contributed by atoms with Gasteiger partial charge in [0.25, 0.3) is 0 Å². The van der Waals surface area contributed by atoms with Crippen LogP contribution in [0.25, 0.3) is 0 Å². The molecule has 2 rings (SSSR count). The number of aromatic nitrogens is 1. The zero-order chi connectivity index (χ0) is 15.1. The second-order valence-electron chi connectivity index (χ2n) is 3.96.